The second-order valence-electron chi connectivity index (χ2n) is 6.04. The standard InChI is InChI=1S/C16H25N3O3S/c1-14-3-2-4-15(13-14)19-8-6-18(7-9-19)10-12-23(21,22)11-5-16(17)20/h2-4,13H,5-12H2,1H3,(H2,17,20). The van der Waals surface area contributed by atoms with Gasteiger partial charge in [0.15, 0.2) is 9.84 Å². The van der Waals surface area contributed by atoms with Gasteiger partial charge in [-0.15, -0.1) is 0 Å². The predicted octanol–water partition coefficient (Wildman–Crippen LogP) is 0.407. The Bertz CT molecular complexity index is 638. The molecule has 1 aromatic rings. The van der Waals surface area contributed by atoms with Gasteiger partial charge in [0.25, 0.3) is 0 Å². The lowest BCUT2D eigenvalue weighted by Crippen LogP contribution is -2.47. The first-order valence-corrected chi connectivity index (χ1v) is 9.70. The molecule has 0 unspecified atom stereocenters. The summed E-state index contributed by atoms with van der Waals surface area (Å²) in [7, 11) is -3.20. The lowest BCUT2D eigenvalue weighted by Gasteiger charge is -2.36. The predicted molar refractivity (Wildman–Crippen MR) is 92.3 cm³/mol. The maximum absolute atomic E-state index is 11.9. The average Bonchev–Trinajstić information content (AvgIpc) is 2.52. The molecule has 0 bridgehead atoms. The molecule has 1 heterocycles. The van der Waals surface area contributed by atoms with Crippen LogP contribution >= 0.6 is 0 Å². The Kier molecular flexibility index (Phi) is 6.01. The van der Waals surface area contributed by atoms with Gasteiger partial charge in [-0.1, -0.05) is 12.1 Å². The molecule has 7 heteroatoms. The summed E-state index contributed by atoms with van der Waals surface area (Å²) in [6.07, 6.45) is -0.0938. The third-order valence-electron chi connectivity index (χ3n) is 4.12. The summed E-state index contributed by atoms with van der Waals surface area (Å²) in [6.45, 7) is 6.08. The van der Waals surface area contributed by atoms with Crippen molar-refractivity contribution in [1.29, 1.82) is 0 Å². The number of primary amides is 1. The molecule has 0 radical (unpaired) electrons. The highest BCUT2D eigenvalue weighted by molar-refractivity contribution is 7.91. The SMILES string of the molecule is Cc1cccc(N2CCN(CCS(=O)(=O)CCC(N)=O)CC2)c1. The molecule has 1 aliphatic rings. The number of nitrogens with zero attached hydrogens (tertiary/aromatic N) is 2. The highest BCUT2D eigenvalue weighted by Crippen LogP contribution is 2.17. The number of hydrogen-bond donors (Lipinski definition) is 1. The van der Waals surface area contributed by atoms with Gasteiger partial charge in [-0.3, -0.25) is 9.69 Å². The van der Waals surface area contributed by atoms with E-state index in [1.54, 1.807) is 0 Å². The molecule has 1 fully saturated rings. The van der Waals surface area contributed by atoms with Crippen molar-refractivity contribution < 1.29 is 13.2 Å². The van der Waals surface area contributed by atoms with E-state index >= 15 is 0 Å². The van der Waals surface area contributed by atoms with E-state index in [0.717, 1.165) is 26.2 Å². The Morgan fingerprint density at radius 3 is 2.48 bits per heavy atom. The average molecular weight is 339 g/mol. The van der Waals surface area contributed by atoms with Gasteiger partial charge in [0.1, 0.15) is 0 Å². The second-order valence-corrected chi connectivity index (χ2v) is 8.34. The van der Waals surface area contributed by atoms with E-state index in [4.69, 9.17) is 5.73 Å². The van der Waals surface area contributed by atoms with Crippen LogP contribution in [0.15, 0.2) is 24.3 Å². The summed E-state index contributed by atoms with van der Waals surface area (Å²) in [5, 5.41) is 0. The largest absolute Gasteiger partial charge is 0.370 e. The zero-order valence-corrected chi connectivity index (χ0v) is 14.4. The number of piperazine rings is 1. The third kappa shape index (κ3) is 5.84. The van der Waals surface area contributed by atoms with Crippen LogP contribution in [0.25, 0.3) is 0 Å². The van der Waals surface area contributed by atoms with Crippen molar-refractivity contribution in [2.75, 3.05) is 49.1 Å². The van der Waals surface area contributed by atoms with Crippen LogP contribution in [-0.2, 0) is 14.6 Å². The van der Waals surface area contributed by atoms with Crippen LogP contribution in [0.3, 0.4) is 0 Å². The van der Waals surface area contributed by atoms with Gasteiger partial charge in [-0.2, -0.15) is 0 Å². The molecule has 0 atom stereocenters. The molecule has 1 aromatic carbocycles. The number of carbonyl (C=O) groups excluding carboxylic acids is 1. The fraction of sp³-hybridized carbons (Fsp3) is 0.562. The molecule has 1 saturated heterocycles. The fourth-order valence-electron chi connectivity index (χ4n) is 2.68. The molecule has 128 valence electrons. The van der Waals surface area contributed by atoms with Gasteiger partial charge in [0.2, 0.25) is 5.91 Å². The third-order valence-corrected chi connectivity index (χ3v) is 5.75. The Balaban J connectivity index is 1.78. The first-order valence-electron chi connectivity index (χ1n) is 7.88. The van der Waals surface area contributed by atoms with Crippen molar-refractivity contribution >= 4 is 21.4 Å². The summed E-state index contributed by atoms with van der Waals surface area (Å²) in [6, 6.07) is 8.42. The molecule has 2 rings (SSSR count). The number of amides is 1. The molecule has 23 heavy (non-hydrogen) atoms. The summed E-state index contributed by atoms with van der Waals surface area (Å²) in [4.78, 5) is 15.2. The lowest BCUT2D eigenvalue weighted by atomic mass is 10.2. The monoisotopic (exact) mass is 339 g/mol. The van der Waals surface area contributed by atoms with Crippen molar-refractivity contribution in [3.05, 3.63) is 29.8 Å². The molecule has 1 amide bonds. The second kappa shape index (κ2) is 7.79. The minimum atomic E-state index is -3.20. The molecular weight excluding hydrogens is 314 g/mol. The number of rotatable bonds is 7. The van der Waals surface area contributed by atoms with Crippen LogP contribution in [0.2, 0.25) is 0 Å². The number of sulfone groups is 1. The van der Waals surface area contributed by atoms with E-state index in [9.17, 15) is 13.2 Å². The molecule has 6 nitrogen and oxygen atoms in total. The van der Waals surface area contributed by atoms with E-state index in [2.05, 4.69) is 41.0 Å². The normalized spacial score (nSPS) is 16.5. The van der Waals surface area contributed by atoms with Crippen LogP contribution in [-0.4, -0.2) is 63.5 Å². The number of nitrogens with two attached hydrogens (primary N) is 1. The fourth-order valence-corrected chi connectivity index (χ4v) is 3.93. The van der Waals surface area contributed by atoms with Crippen molar-refractivity contribution in [3.8, 4) is 0 Å². The van der Waals surface area contributed by atoms with E-state index in [1.807, 2.05) is 0 Å². The molecular formula is C16H25N3O3S. The van der Waals surface area contributed by atoms with E-state index < -0.39 is 15.7 Å². The zero-order valence-electron chi connectivity index (χ0n) is 13.6. The Hall–Kier alpha value is -1.60. The number of aryl methyl sites for hydroxylation is 1. The topological polar surface area (TPSA) is 83.7 Å². The maximum Gasteiger partial charge on any atom is 0.218 e. The first-order chi connectivity index (χ1) is 10.9. The van der Waals surface area contributed by atoms with E-state index in [0.29, 0.717) is 6.54 Å². The Morgan fingerprint density at radius 1 is 1.17 bits per heavy atom. The van der Waals surface area contributed by atoms with E-state index in [-0.39, 0.29) is 17.9 Å². The zero-order chi connectivity index (χ0) is 16.9. The Labute approximate surface area is 138 Å². The van der Waals surface area contributed by atoms with Crippen molar-refractivity contribution in [2.45, 2.75) is 13.3 Å². The summed E-state index contributed by atoms with van der Waals surface area (Å²) in [5.74, 6) is -0.628. The van der Waals surface area contributed by atoms with Gasteiger partial charge in [-0.25, -0.2) is 8.42 Å². The molecule has 2 N–H and O–H groups in total. The van der Waals surface area contributed by atoms with Gasteiger partial charge in [0.05, 0.1) is 11.5 Å². The smallest absolute Gasteiger partial charge is 0.218 e. The van der Waals surface area contributed by atoms with E-state index in [1.165, 1.54) is 11.3 Å². The number of anilines is 1. The van der Waals surface area contributed by atoms with Gasteiger partial charge in [-0.05, 0) is 24.6 Å². The molecule has 1 aliphatic heterocycles. The van der Waals surface area contributed by atoms with Gasteiger partial charge in [0, 0.05) is 44.8 Å². The minimum Gasteiger partial charge on any atom is -0.370 e. The summed E-state index contributed by atoms with van der Waals surface area (Å²) >= 11 is 0. The van der Waals surface area contributed by atoms with Crippen molar-refractivity contribution in [1.82, 2.24) is 4.90 Å². The summed E-state index contributed by atoms with van der Waals surface area (Å²) in [5.41, 5.74) is 7.46. The Morgan fingerprint density at radius 2 is 1.87 bits per heavy atom. The van der Waals surface area contributed by atoms with Gasteiger partial charge < -0.3 is 10.6 Å². The number of hydrogen-bond acceptors (Lipinski definition) is 5. The van der Waals surface area contributed by atoms with Crippen LogP contribution in [0.1, 0.15) is 12.0 Å². The van der Waals surface area contributed by atoms with Gasteiger partial charge >= 0.3 is 0 Å². The quantitative estimate of drug-likeness (QED) is 0.778. The minimum absolute atomic E-state index is 0.0880. The highest BCUT2D eigenvalue weighted by atomic mass is 32.2. The first kappa shape index (κ1) is 17.7. The lowest BCUT2D eigenvalue weighted by molar-refractivity contribution is -0.117. The maximum atomic E-state index is 11.9. The van der Waals surface area contributed by atoms with Crippen LogP contribution in [0, 0.1) is 6.92 Å². The molecule has 0 spiro atoms. The van der Waals surface area contributed by atoms with Crippen molar-refractivity contribution in [3.63, 3.8) is 0 Å². The van der Waals surface area contributed by atoms with Crippen molar-refractivity contribution in [2.24, 2.45) is 5.73 Å². The number of carbonyl (C=O) groups is 1. The van der Waals surface area contributed by atoms with Crippen LogP contribution < -0.4 is 10.6 Å². The molecule has 0 aliphatic carbocycles. The molecule has 0 aromatic heterocycles. The molecule has 0 saturated carbocycles. The number of benzene rings is 1. The van der Waals surface area contributed by atoms with Crippen LogP contribution in [0.5, 0.6) is 0 Å². The highest BCUT2D eigenvalue weighted by Gasteiger charge is 2.20. The summed E-state index contributed by atoms with van der Waals surface area (Å²) < 4.78 is 23.7. The van der Waals surface area contributed by atoms with Crippen LogP contribution in [0.4, 0.5) is 5.69 Å².